The minimum Gasteiger partial charge on any atom is -0.443 e. The number of amides is 2. The van der Waals surface area contributed by atoms with E-state index in [-0.39, 0.29) is 5.41 Å². The predicted octanol–water partition coefficient (Wildman–Crippen LogP) is 4.56. The Labute approximate surface area is 156 Å². The highest BCUT2D eigenvalue weighted by Crippen LogP contribution is 2.23. The summed E-state index contributed by atoms with van der Waals surface area (Å²) in [7, 11) is 0. The zero-order chi connectivity index (χ0) is 20.3. The average Bonchev–Trinajstić information content (AvgIpc) is 2.40. The molecule has 0 saturated carbocycles. The highest BCUT2D eigenvalue weighted by molar-refractivity contribution is 5.90. The van der Waals surface area contributed by atoms with Gasteiger partial charge in [0, 0.05) is 11.1 Å². The molecule has 1 aromatic rings. The van der Waals surface area contributed by atoms with Gasteiger partial charge in [0.25, 0.3) is 0 Å². The van der Waals surface area contributed by atoms with E-state index in [0.29, 0.717) is 5.69 Å². The van der Waals surface area contributed by atoms with Crippen molar-refractivity contribution in [1.29, 1.82) is 0 Å². The standard InChI is InChI=1S/C19H31N3O4/c1-17(2,3)14-11-10-13(12-20-14)22(16(24)26-19(7,8)9)21-15(23)25-18(4,5)6/h10-12H,1-9H3,(H,21,23). The molecule has 1 heterocycles. The fourth-order valence-corrected chi connectivity index (χ4v) is 1.88. The van der Waals surface area contributed by atoms with Gasteiger partial charge >= 0.3 is 12.2 Å². The van der Waals surface area contributed by atoms with Gasteiger partial charge in [0.1, 0.15) is 11.2 Å². The highest BCUT2D eigenvalue weighted by atomic mass is 16.6. The van der Waals surface area contributed by atoms with Gasteiger partial charge in [-0.05, 0) is 53.7 Å². The maximum Gasteiger partial charge on any atom is 0.434 e. The number of hydrogen-bond acceptors (Lipinski definition) is 5. The number of hydrogen-bond donors (Lipinski definition) is 1. The van der Waals surface area contributed by atoms with Crippen LogP contribution in [0.1, 0.15) is 68.0 Å². The van der Waals surface area contributed by atoms with Crippen molar-refractivity contribution in [2.75, 3.05) is 5.01 Å². The van der Waals surface area contributed by atoms with E-state index in [9.17, 15) is 9.59 Å². The fourth-order valence-electron chi connectivity index (χ4n) is 1.88. The normalized spacial score (nSPS) is 12.3. The van der Waals surface area contributed by atoms with Crippen LogP contribution < -0.4 is 10.4 Å². The maximum absolute atomic E-state index is 12.5. The molecular weight excluding hydrogens is 334 g/mol. The van der Waals surface area contributed by atoms with Crippen LogP contribution in [-0.2, 0) is 14.9 Å². The molecule has 0 radical (unpaired) electrons. The number of anilines is 1. The van der Waals surface area contributed by atoms with Crippen molar-refractivity contribution in [1.82, 2.24) is 10.4 Å². The summed E-state index contributed by atoms with van der Waals surface area (Å²) < 4.78 is 10.6. The summed E-state index contributed by atoms with van der Waals surface area (Å²) in [5.74, 6) is 0. The molecule has 2 amide bonds. The van der Waals surface area contributed by atoms with Crippen molar-refractivity contribution in [3.63, 3.8) is 0 Å². The van der Waals surface area contributed by atoms with Crippen LogP contribution in [0.4, 0.5) is 15.3 Å². The molecule has 0 saturated heterocycles. The number of nitrogens with one attached hydrogen (secondary N) is 1. The number of aromatic nitrogens is 1. The summed E-state index contributed by atoms with van der Waals surface area (Å²) in [6, 6.07) is 3.51. The van der Waals surface area contributed by atoms with E-state index >= 15 is 0 Å². The second-order valence-electron chi connectivity index (χ2n) is 9.08. The van der Waals surface area contributed by atoms with Gasteiger partial charge in [-0.1, -0.05) is 20.8 Å². The first-order chi connectivity index (χ1) is 11.6. The molecule has 0 atom stereocenters. The second-order valence-corrected chi connectivity index (χ2v) is 9.08. The molecule has 0 aliphatic heterocycles. The lowest BCUT2D eigenvalue weighted by atomic mass is 9.92. The number of rotatable bonds is 1. The van der Waals surface area contributed by atoms with Crippen LogP contribution in [0, 0.1) is 0 Å². The quantitative estimate of drug-likeness (QED) is 0.738. The number of carbonyl (C=O) groups excluding carboxylic acids is 2. The van der Waals surface area contributed by atoms with Crippen LogP contribution in [-0.4, -0.2) is 28.4 Å². The summed E-state index contributed by atoms with van der Waals surface area (Å²) in [5, 5.41) is 0.999. The van der Waals surface area contributed by atoms with Crippen LogP contribution in [0.3, 0.4) is 0 Å². The molecule has 0 bridgehead atoms. The molecule has 146 valence electrons. The van der Waals surface area contributed by atoms with Gasteiger partial charge in [0.15, 0.2) is 0 Å². The Morgan fingerprint density at radius 2 is 1.46 bits per heavy atom. The van der Waals surface area contributed by atoms with E-state index in [2.05, 4.69) is 10.4 Å². The third-order valence-corrected chi connectivity index (χ3v) is 2.95. The third-order valence-electron chi connectivity index (χ3n) is 2.95. The molecule has 1 N–H and O–H groups in total. The van der Waals surface area contributed by atoms with Gasteiger partial charge in [-0.2, -0.15) is 5.01 Å². The molecule has 0 aromatic carbocycles. The van der Waals surface area contributed by atoms with E-state index in [1.54, 1.807) is 47.6 Å². The minimum absolute atomic E-state index is 0.131. The van der Waals surface area contributed by atoms with Crippen molar-refractivity contribution in [3.05, 3.63) is 24.0 Å². The molecule has 1 rings (SSSR count). The summed E-state index contributed by atoms with van der Waals surface area (Å²) in [6.07, 6.45) is 0.0268. The third kappa shape index (κ3) is 7.29. The zero-order valence-corrected chi connectivity index (χ0v) is 17.3. The van der Waals surface area contributed by atoms with Gasteiger partial charge in [0.2, 0.25) is 0 Å². The summed E-state index contributed by atoms with van der Waals surface area (Å²) in [4.78, 5) is 29.1. The smallest absolute Gasteiger partial charge is 0.434 e. The molecule has 0 unspecified atom stereocenters. The van der Waals surface area contributed by atoms with Gasteiger partial charge in [-0.15, -0.1) is 0 Å². The van der Waals surface area contributed by atoms with Crippen molar-refractivity contribution in [2.24, 2.45) is 0 Å². The van der Waals surface area contributed by atoms with Gasteiger partial charge < -0.3 is 9.47 Å². The minimum atomic E-state index is -0.761. The Morgan fingerprint density at radius 3 is 1.85 bits per heavy atom. The number of carbonyl (C=O) groups is 2. The largest absolute Gasteiger partial charge is 0.443 e. The molecule has 1 aromatic heterocycles. The van der Waals surface area contributed by atoms with E-state index in [0.717, 1.165) is 10.7 Å². The molecule has 7 nitrogen and oxygen atoms in total. The first-order valence-corrected chi connectivity index (χ1v) is 8.58. The van der Waals surface area contributed by atoms with E-state index in [1.807, 2.05) is 26.8 Å². The Morgan fingerprint density at radius 1 is 0.923 bits per heavy atom. The van der Waals surface area contributed by atoms with E-state index in [1.165, 1.54) is 6.20 Å². The summed E-state index contributed by atoms with van der Waals surface area (Å²) in [6.45, 7) is 16.6. The molecular formula is C19H31N3O4. The highest BCUT2D eigenvalue weighted by Gasteiger charge is 2.28. The topological polar surface area (TPSA) is 80.8 Å². The molecule has 26 heavy (non-hydrogen) atoms. The van der Waals surface area contributed by atoms with Crippen molar-refractivity contribution in [2.45, 2.75) is 78.9 Å². The van der Waals surface area contributed by atoms with Crippen LogP contribution in [0.5, 0.6) is 0 Å². The van der Waals surface area contributed by atoms with Crippen LogP contribution in [0.25, 0.3) is 0 Å². The molecule has 0 aliphatic carbocycles. The van der Waals surface area contributed by atoms with Gasteiger partial charge in [-0.25, -0.2) is 15.0 Å². The van der Waals surface area contributed by atoms with E-state index in [4.69, 9.17) is 9.47 Å². The first-order valence-electron chi connectivity index (χ1n) is 8.58. The molecule has 0 aliphatic rings. The first kappa shape index (κ1) is 21.7. The number of nitrogens with zero attached hydrogens (tertiary/aromatic N) is 2. The van der Waals surface area contributed by atoms with Crippen LogP contribution >= 0.6 is 0 Å². The van der Waals surface area contributed by atoms with Crippen molar-refractivity contribution >= 4 is 17.9 Å². The van der Waals surface area contributed by atoms with E-state index < -0.39 is 23.4 Å². The number of pyridine rings is 1. The molecule has 0 spiro atoms. The molecule has 7 heteroatoms. The fraction of sp³-hybridized carbons (Fsp3) is 0.632. The Hall–Kier alpha value is -2.31. The average molecular weight is 365 g/mol. The van der Waals surface area contributed by atoms with Gasteiger partial charge in [-0.3, -0.25) is 4.98 Å². The van der Waals surface area contributed by atoms with Crippen molar-refractivity contribution < 1.29 is 19.1 Å². The SMILES string of the molecule is CC(C)(C)OC(=O)NN(C(=O)OC(C)(C)C)c1ccc(C(C)(C)C)nc1. The monoisotopic (exact) mass is 365 g/mol. The Bertz CT molecular complexity index is 635. The Balaban J connectivity index is 3.11. The predicted molar refractivity (Wildman–Crippen MR) is 101 cm³/mol. The lowest BCUT2D eigenvalue weighted by Crippen LogP contribution is -2.50. The lowest BCUT2D eigenvalue weighted by molar-refractivity contribution is 0.0425. The number of ether oxygens (including phenoxy) is 2. The summed E-state index contributed by atoms with van der Waals surface area (Å²) >= 11 is 0. The Kier molecular flexibility index (Phi) is 6.28. The maximum atomic E-state index is 12.5. The zero-order valence-electron chi connectivity index (χ0n) is 17.3. The summed E-state index contributed by atoms with van der Waals surface area (Å²) in [5.41, 5.74) is 2.12. The second kappa shape index (κ2) is 7.51. The van der Waals surface area contributed by atoms with Crippen LogP contribution in [0.2, 0.25) is 0 Å². The molecule has 0 fully saturated rings. The lowest BCUT2D eigenvalue weighted by Gasteiger charge is -2.29. The van der Waals surface area contributed by atoms with Crippen molar-refractivity contribution in [3.8, 4) is 0 Å². The van der Waals surface area contributed by atoms with Gasteiger partial charge in [0.05, 0.1) is 11.9 Å². The number of hydrazine groups is 1. The van der Waals surface area contributed by atoms with Crippen LogP contribution in [0.15, 0.2) is 18.3 Å².